The van der Waals surface area contributed by atoms with Crippen LogP contribution in [0.15, 0.2) is 115 Å². The molecule has 4 rings (SSSR count). The Hall–Kier alpha value is -3.70. The van der Waals surface area contributed by atoms with E-state index in [9.17, 15) is 5.11 Å². The first-order valence-corrected chi connectivity index (χ1v) is 11.0. The molecule has 4 aromatic carbocycles. The van der Waals surface area contributed by atoms with Gasteiger partial charge >= 0.3 is 8.80 Å². The lowest BCUT2D eigenvalue weighted by molar-refractivity contribution is 0.279. The summed E-state index contributed by atoms with van der Waals surface area (Å²) in [5.41, 5.74) is 0. The van der Waals surface area contributed by atoms with E-state index in [-0.39, 0.29) is 5.75 Å². The van der Waals surface area contributed by atoms with E-state index in [1.165, 1.54) is 0 Å². The number of phenols is 1. The molecule has 0 saturated carbocycles. The van der Waals surface area contributed by atoms with Crippen LogP contribution in [0.1, 0.15) is 0 Å². The highest BCUT2D eigenvalue weighted by atomic mass is 28.4. The highest BCUT2D eigenvalue weighted by molar-refractivity contribution is 6.78. The fraction of sp³-hybridized carbons (Fsp3) is 0. The first-order chi connectivity index (χ1) is 14.3. The van der Waals surface area contributed by atoms with Crippen LogP contribution >= 0.6 is 0 Å². The molecule has 4 nitrogen and oxygen atoms in total. The zero-order valence-corrected chi connectivity index (χ0v) is 16.6. The Balaban J connectivity index is 1.86. The molecule has 0 bridgehead atoms. The third-order valence-corrected chi connectivity index (χ3v) is 6.82. The van der Waals surface area contributed by atoms with E-state index < -0.39 is 8.80 Å². The van der Waals surface area contributed by atoms with Gasteiger partial charge in [-0.15, -0.1) is 0 Å². The molecule has 4 aromatic rings. The number of hydrogen-bond acceptors (Lipinski definition) is 4. The molecule has 0 fully saturated rings. The molecule has 0 unspecified atom stereocenters. The second-order valence-corrected chi connectivity index (χ2v) is 8.58. The molecule has 1 N–H and O–H groups in total. The molecular weight excluding hydrogens is 380 g/mol. The molecule has 0 aliphatic rings. The van der Waals surface area contributed by atoms with Crippen LogP contribution in [0.4, 0.5) is 0 Å². The standard InChI is InChI=1S/C24H20O4Si/c25-23-18-10-11-19-24(23)29(26-20-12-4-1-5-13-20,27-21-14-6-2-7-15-21)28-22-16-8-3-9-17-22/h1-19,25H. The van der Waals surface area contributed by atoms with Gasteiger partial charge in [0.15, 0.2) is 0 Å². The van der Waals surface area contributed by atoms with Gasteiger partial charge in [-0.1, -0.05) is 66.7 Å². The third-order valence-electron chi connectivity index (χ3n) is 4.22. The van der Waals surface area contributed by atoms with Gasteiger partial charge in [-0.3, -0.25) is 0 Å². The zero-order valence-electron chi connectivity index (χ0n) is 15.6. The van der Waals surface area contributed by atoms with E-state index >= 15 is 0 Å². The minimum atomic E-state index is -3.69. The van der Waals surface area contributed by atoms with Crippen molar-refractivity contribution in [3.05, 3.63) is 115 Å². The SMILES string of the molecule is Oc1ccccc1[Si](Oc1ccccc1)(Oc1ccccc1)Oc1ccccc1. The molecule has 0 aromatic heterocycles. The van der Waals surface area contributed by atoms with Crippen molar-refractivity contribution in [3.63, 3.8) is 0 Å². The van der Waals surface area contributed by atoms with Crippen LogP contribution in [0.25, 0.3) is 0 Å². The summed E-state index contributed by atoms with van der Waals surface area (Å²) in [6, 6.07) is 35.0. The lowest BCUT2D eigenvalue weighted by Gasteiger charge is -2.30. The summed E-state index contributed by atoms with van der Waals surface area (Å²) in [6.45, 7) is 0. The lowest BCUT2D eigenvalue weighted by Crippen LogP contribution is -2.64. The lowest BCUT2D eigenvalue weighted by atomic mass is 10.3. The van der Waals surface area contributed by atoms with Gasteiger partial charge in [0.2, 0.25) is 0 Å². The zero-order chi connectivity index (χ0) is 19.9. The Morgan fingerprint density at radius 3 is 1.17 bits per heavy atom. The van der Waals surface area contributed by atoms with Gasteiger partial charge in [0.1, 0.15) is 28.2 Å². The predicted octanol–water partition coefficient (Wildman–Crippen LogP) is 4.78. The summed E-state index contributed by atoms with van der Waals surface area (Å²) in [4.78, 5) is 0. The van der Waals surface area contributed by atoms with Crippen molar-refractivity contribution < 1.29 is 18.4 Å². The molecule has 29 heavy (non-hydrogen) atoms. The van der Waals surface area contributed by atoms with Gasteiger partial charge in [0.05, 0.1) is 0 Å². The Morgan fingerprint density at radius 2 is 0.793 bits per heavy atom. The molecule has 144 valence electrons. The van der Waals surface area contributed by atoms with Gasteiger partial charge in [0.25, 0.3) is 0 Å². The van der Waals surface area contributed by atoms with Crippen molar-refractivity contribution in [3.8, 4) is 23.0 Å². The molecule has 0 spiro atoms. The Morgan fingerprint density at radius 1 is 0.448 bits per heavy atom. The summed E-state index contributed by atoms with van der Waals surface area (Å²) in [5.74, 6) is 1.83. The monoisotopic (exact) mass is 400 g/mol. The van der Waals surface area contributed by atoms with Crippen molar-refractivity contribution >= 4 is 14.0 Å². The maximum atomic E-state index is 10.7. The molecular formula is C24H20O4Si. The maximum absolute atomic E-state index is 10.7. The topological polar surface area (TPSA) is 47.9 Å². The predicted molar refractivity (Wildman–Crippen MR) is 115 cm³/mol. The van der Waals surface area contributed by atoms with Crippen LogP contribution in [0.5, 0.6) is 23.0 Å². The minimum Gasteiger partial charge on any atom is -0.508 e. The van der Waals surface area contributed by atoms with Gasteiger partial charge < -0.3 is 18.4 Å². The normalized spacial score (nSPS) is 10.9. The second kappa shape index (κ2) is 8.54. The fourth-order valence-corrected chi connectivity index (χ4v) is 5.38. The van der Waals surface area contributed by atoms with E-state index in [1.54, 1.807) is 18.2 Å². The summed E-state index contributed by atoms with van der Waals surface area (Å²) < 4.78 is 19.2. The Labute approximate surface area is 170 Å². The van der Waals surface area contributed by atoms with Gasteiger partial charge in [-0.2, -0.15) is 0 Å². The van der Waals surface area contributed by atoms with Crippen molar-refractivity contribution in [2.75, 3.05) is 0 Å². The van der Waals surface area contributed by atoms with Crippen LogP contribution in [0.3, 0.4) is 0 Å². The van der Waals surface area contributed by atoms with E-state index in [2.05, 4.69) is 0 Å². The van der Waals surface area contributed by atoms with Gasteiger partial charge in [0, 0.05) is 0 Å². The van der Waals surface area contributed by atoms with E-state index in [1.807, 2.05) is 97.1 Å². The minimum absolute atomic E-state index is 0.0574. The summed E-state index contributed by atoms with van der Waals surface area (Å²) in [7, 11) is -3.69. The molecule has 0 atom stereocenters. The van der Waals surface area contributed by atoms with E-state index in [0.717, 1.165) is 0 Å². The first kappa shape index (κ1) is 18.7. The summed E-state index contributed by atoms with van der Waals surface area (Å²) in [5, 5.41) is 11.2. The molecule has 0 aliphatic heterocycles. The molecule has 0 aliphatic carbocycles. The first-order valence-electron chi connectivity index (χ1n) is 9.26. The highest BCUT2D eigenvalue weighted by Gasteiger charge is 2.54. The molecule has 5 heteroatoms. The average molecular weight is 401 g/mol. The summed E-state index contributed by atoms with van der Waals surface area (Å²) >= 11 is 0. The average Bonchev–Trinajstić information content (AvgIpc) is 2.76. The molecule has 0 radical (unpaired) electrons. The Kier molecular flexibility index (Phi) is 5.49. The second-order valence-electron chi connectivity index (χ2n) is 6.32. The number of rotatable bonds is 7. The van der Waals surface area contributed by atoms with E-state index in [4.69, 9.17) is 13.3 Å². The highest BCUT2D eigenvalue weighted by Crippen LogP contribution is 2.26. The van der Waals surface area contributed by atoms with Gasteiger partial charge in [-0.25, -0.2) is 0 Å². The smallest absolute Gasteiger partial charge is 0.508 e. The largest absolute Gasteiger partial charge is 0.740 e. The van der Waals surface area contributed by atoms with Crippen LogP contribution in [0, 0.1) is 0 Å². The quantitative estimate of drug-likeness (QED) is 0.454. The van der Waals surface area contributed by atoms with Crippen LogP contribution in [-0.2, 0) is 0 Å². The van der Waals surface area contributed by atoms with Crippen LogP contribution in [-0.4, -0.2) is 13.9 Å². The number of para-hydroxylation sites is 4. The van der Waals surface area contributed by atoms with Crippen molar-refractivity contribution in [2.24, 2.45) is 0 Å². The maximum Gasteiger partial charge on any atom is 0.740 e. The van der Waals surface area contributed by atoms with Crippen LogP contribution < -0.4 is 18.5 Å². The molecule has 0 heterocycles. The van der Waals surface area contributed by atoms with E-state index in [0.29, 0.717) is 22.4 Å². The van der Waals surface area contributed by atoms with Gasteiger partial charge in [-0.05, 0) is 48.5 Å². The number of benzene rings is 4. The van der Waals surface area contributed by atoms with Crippen molar-refractivity contribution in [1.29, 1.82) is 0 Å². The molecule has 0 amide bonds. The summed E-state index contributed by atoms with van der Waals surface area (Å²) in [6.07, 6.45) is 0. The molecule has 0 saturated heterocycles. The Bertz CT molecular complexity index is 939. The number of phenolic OH excluding ortho intramolecular Hbond substituents is 1. The third kappa shape index (κ3) is 4.42. The number of hydrogen-bond donors (Lipinski definition) is 1. The van der Waals surface area contributed by atoms with Crippen molar-refractivity contribution in [1.82, 2.24) is 0 Å². The van der Waals surface area contributed by atoms with Crippen LogP contribution in [0.2, 0.25) is 0 Å². The number of aromatic hydroxyl groups is 1. The van der Waals surface area contributed by atoms with Crippen molar-refractivity contribution in [2.45, 2.75) is 0 Å². The fourth-order valence-electron chi connectivity index (χ4n) is 2.89.